The summed E-state index contributed by atoms with van der Waals surface area (Å²) in [5.41, 5.74) is 0. The van der Waals surface area contributed by atoms with Crippen molar-refractivity contribution in [2.45, 2.75) is 70.0 Å². The highest BCUT2D eigenvalue weighted by molar-refractivity contribution is 5.94. The Morgan fingerprint density at radius 2 is 1.96 bits per heavy atom. The quantitative estimate of drug-likeness (QED) is 0.641. The third-order valence-corrected chi connectivity index (χ3v) is 5.34. The fourth-order valence-corrected chi connectivity index (χ4v) is 3.89. The first-order valence-corrected chi connectivity index (χ1v) is 9.54. The molecule has 3 saturated heterocycles. The molecule has 3 fully saturated rings. The van der Waals surface area contributed by atoms with E-state index in [0.29, 0.717) is 19.5 Å². The van der Waals surface area contributed by atoms with E-state index in [0.717, 1.165) is 32.1 Å². The molecule has 3 aliphatic rings. The van der Waals surface area contributed by atoms with E-state index >= 15 is 0 Å². The van der Waals surface area contributed by atoms with Crippen LogP contribution < -0.4 is 0 Å². The lowest BCUT2D eigenvalue weighted by Gasteiger charge is -2.35. The van der Waals surface area contributed by atoms with E-state index < -0.39 is 30.5 Å². The summed E-state index contributed by atoms with van der Waals surface area (Å²) < 4.78 is 16.2. The molecule has 146 valence electrons. The first-order chi connectivity index (χ1) is 12.6. The van der Waals surface area contributed by atoms with Gasteiger partial charge in [-0.1, -0.05) is 19.8 Å². The molecule has 0 radical (unpaired) electrons. The minimum absolute atomic E-state index is 0.141. The van der Waals surface area contributed by atoms with E-state index in [1.165, 1.54) is 12.0 Å². The number of hydrogen-bond acceptors (Lipinski definition) is 6. The number of unbranched alkanes of at least 4 members (excludes halogenated alkanes) is 1. The number of morpholine rings is 1. The van der Waals surface area contributed by atoms with Gasteiger partial charge in [0, 0.05) is 13.1 Å². The van der Waals surface area contributed by atoms with Crippen molar-refractivity contribution in [2.75, 3.05) is 26.7 Å². The number of ether oxygens (including phenoxy) is 3. The molecular weight excluding hydrogens is 340 g/mol. The number of likely N-dealkylation sites (tertiary alicyclic amines) is 1. The van der Waals surface area contributed by atoms with Crippen LogP contribution in [0.3, 0.4) is 0 Å². The number of piperidine rings is 1. The van der Waals surface area contributed by atoms with Gasteiger partial charge in [0.05, 0.1) is 13.7 Å². The number of fused-ring (bicyclic) bond motifs is 2. The van der Waals surface area contributed by atoms with E-state index in [1.54, 1.807) is 4.90 Å². The van der Waals surface area contributed by atoms with Crippen LogP contribution in [0, 0.1) is 0 Å². The topological polar surface area (TPSA) is 85.4 Å². The number of methoxy groups -OCH3 is 1. The maximum absolute atomic E-state index is 12.9. The fourth-order valence-electron chi connectivity index (χ4n) is 3.89. The molecule has 8 heteroatoms. The number of hydrogen-bond donors (Lipinski definition) is 0. The average Bonchev–Trinajstić information content (AvgIpc) is 3.04. The first kappa shape index (κ1) is 19.1. The van der Waals surface area contributed by atoms with Crippen LogP contribution in [0.15, 0.2) is 0 Å². The van der Waals surface area contributed by atoms with Crippen LogP contribution in [0.2, 0.25) is 0 Å². The van der Waals surface area contributed by atoms with Crippen molar-refractivity contribution in [3.05, 3.63) is 0 Å². The Morgan fingerprint density at radius 1 is 1.23 bits per heavy atom. The second-order valence-electron chi connectivity index (χ2n) is 7.10. The van der Waals surface area contributed by atoms with Gasteiger partial charge in [0.2, 0.25) is 0 Å². The highest BCUT2D eigenvalue weighted by Gasteiger charge is 2.54. The van der Waals surface area contributed by atoms with Crippen LogP contribution in [-0.4, -0.2) is 78.9 Å². The summed E-state index contributed by atoms with van der Waals surface area (Å²) in [6, 6.07) is -0.659. The number of nitrogens with zero attached hydrogens (tertiary/aromatic N) is 2. The molecule has 2 amide bonds. The molecule has 3 heterocycles. The van der Waals surface area contributed by atoms with Gasteiger partial charge in [0.25, 0.3) is 11.8 Å². The van der Waals surface area contributed by atoms with Crippen LogP contribution in [0.25, 0.3) is 0 Å². The highest BCUT2D eigenvalue weighted by atomic mass is 16.7. The van der Waals surface area contributed by atoms with E-state index in [1.807, 2.05) is 6.92 Å². The van der Waals surface area contributed by atoms with Gasteiger partial charge >= 0.3 is 5.97 Å². The molecule has 0 saturated carbocycles. The highest BCUT2D eigenvalue weighted by Crippen LogP contribution is 2.31. The molecule has 0 N–H and O–H groups in total. The molecule has 0 spiro atoms. The third-order valence-electron chi connectivity index (χ3n) is 5.34. The van der Waals surface area contributed by atoms with Crippen LogP contribution in [0.1, 0.15) is 45.4 Å². The minimum Gasteiger partial charge on any atom is -0.467 e. The zero-order valence-corrected chi connectivity index (χ0v) is 15.5. The standard InChI is InChI=1S/C18H28N2O6/c1-3-4-8-12(18(23)24-2)20-11-13-25-14(15(26-13)17(20)22)16(21)19-9-6-5-7-10-19/h12-15H,3-11H2,1-2H3/t12-,13+,14+,15+/m0/s1. The van der Waals surface area contributed by atoms with Crippen molar-refractivity contribution >= 4 is 17.8 Å². The molecule has 3 aliphatic heterocycles. The lowest BCUT2D eigenvalue weighted by molar-refractivity contribution is -0.173. The summed E-state index contributed by atoms with van der Waals surface area (Å²) in [5, 5.41) is 0. The first-order valence-electron chi connectivity index (χ1n) is 9.54. The summed E-state index contributed by atoms with van der Waals surface area (Å²) in [6.07, 6.45) is 2.72. The van der Waals surface area contributed by atoms with E-state index in [4.69, 9.17) is 14.2 Å². The summed E-state index contributed by atoms with van der Waals surface area (Å²) >= 11 is 0. The summed E-state index contributed by atoms with van der Waals surface area (Å²) in [7, 11) is 1.32. The van der Waals surface area contributed by atoms with Gasteiger partial charge in [0.1, 0.15) is 6.04 Å². The van der Waals surface area contributed by atoms with Gasteiger partial charge in [-0.2, -0.15) is 0 Å². The van der Waals surface area contributed by atoms with Crippen molar-refractivity contribution in [3.63, 3.8) is 0 Å². The Morgan fingerprint density at radius 3 is 2.62 bits per heavy atom. The predicted molar refractivity (Wildman–Crippen MR) is 91.0 cm³/mol. The largest absolute Gasteiger partial charge is 0.467 e. The van der Waals surface area contributed by atoms with Crippen molar-refractivity contribution in [3.8, 4) is 0 Å². The van der Waals surface area contributed by atoms with Crippen molar-refractivity contribution in [2.24, 2.45) is 0 Å². The number of rotatable bonds is 6. The number of carbonyl (C=O) groups excluding carboxylic acids is 3. The molecular formula is C18H28N2O6. The van der Waals surface area contributed by atoms with Gasteiger partial charge in [-0.15, -0.1) is 0 Å². The van der Waals surface area contributed by atoms with Crippen LogP contribution in [0.4, 0.5) is 0 Å². The van der Waals surface area contributed by atoms with E-state index in [2.05, 4.69) is 0 Å². The Hall–Kier alpha value is -1.67. The second kappa shape index (κ2) is 8.35. The molecule has 4 atom stereocenters. The number of amides is 2. The van der Waals surface area contributed by atoms with E-state index in [-0.39, 0.29) is 18.4 Å². The Kier molecular flexibility index (Phi) is 6.13. The van der Waals surface area contributed by atoms with Gasteiger partial charge in [-0.3, -0.25) is 9.59 Å². The van der Waals surface area contributed by atoms with Gasteiger partial charge in [-0.05, 0) is 25.7 Å². The molecule has 0 unspecified atom stereocenters. The van der Waals surface area contributed by atoms with E-state index in [9.17, 15) is 14.4 Å². The Labute approximate surface area is 153 Å². The van der Waals surface area contributed by atoms with Crippen LogP contribution >= 0.6 is 0 Å². The zero-order valence-electron chi connectivity index (χ0n) is 15.5. The van der Waals surface area contributed by atoms with Gasteiger partial charge in [0.15, 0.2) is 18.5 Å². The minimum atomic E-state index is -0.975. The van der Waals surface area contributed by atoms with Gasteiger partial charge in [-0.25, -0.2) is 4.79 Å². The lowest BCUT2D eigenvalue weighted by atomic mass is 10.0. The molecule has 0 aliphatic carbocycles. The monoisotopic (exact) mass is 368 g/mol. The van der Waals surface area contributed by atoms with Crippen LogP contribution in [0.5, 0.6) is 0 Å². The molecule has 0 aromatic rings. The van der Waals surface area contributed by atoms with Crippen molar-refractivity contribution in [1.82, 2.24) is 9.80 Å². The Bertz CT molecular complexity index is 548. The average molecular weight is 368 g/mol. The van der Waals surface area contributed by atoms with Crippen molar-refractivity contribution < 1.29 is 28.6 Å². The normalized spacial score (nSPS) is 29.6. The summed E-state index contributed by atoms with van der Waals surface area (Å²) in [5.74, 6) is -0.983. The number of carbonyl (C=O) groups is 3. The van der Waals surface area contributed by atoms with Crippen LogP contribution in [-0.2, 0) is 28.6 Å². The molecule has 3 rings (SSSR count). The second-order valence-corrected chi connectivity index (χ2v) is 7.10. The summed E-state index contributed by atoms with van der Waals surface area (Å²) in [6.45, 7) is 3.54. The SMILES string of the molecule is CCCC[C@@H](C(=O)OC)N1C[C@@H]2O[C@@H](C(=O)N3CCCCC3)[C@@H](O2)C1=O. The smallest absolute Gasteiger partial charge is 0.328 e. The maximum Gasteiger partial charge on any atom is 0.328 e. The lowest BCUT2D eigenvalue weighted by Crippen LogP contribution is -2.57. The van der Waals surface area contributed by atoms with Crippen molar-refractivity contribution in [1.29, 1.82) is 0 Å². The Balaban J connectivity index is 1.73. The number of esters is 1. The maximum atomic E-state index is 12.9. The molecule has 0 aromatic carbocycles. The molecule has 0 aromatic heterocycles. The molecule has 8 nitrogen and oxygen atoms in total. The fraction of sp³-hybridized carbons (Fsp3) is 0.833. The predicted octanol–water partition coefficient (Wildman–Crippen LogP) is 0.683. The molecule has 2 bridgehead atoms. The molecule has 26 heavy (non-hydrogen) atoms. The zero-order chi connectivity index (χ0) is 18.7. The third kappa shape index (κ3) is 3.71. The summed E-state index contributed by atoms with van der Waals surface area (Å²) in [4.78, 5) is 41.2. The van der Waals surface area contributed by atoms with Gasteiger partial charge < -0.3 is 24.0 Å².